The molecule has 0 aromatic carbocycles. The van der Waals surface area contributed by atoms with E-state index in [4.69, 9.17) is 18.5 Å². The quantitative estimate of drug-likeness (QED) is 0.0195. The number of carbonyl (C=O) groups is 2. The van der Waals surface area contributed by atoms with Crippen molar-refractivity contribution in [1.82, 2.24) is 0 Å². The van der Waals surface area contributed by atoms with E-state index >= 15 is 0 Å². The van der Waals surface area contributed by atoms with Gasteiger partial charge in [-0.3, -0.25) is 14.2 Å². The highest BCUT2D eigenvalue weighted by Gasteiger charge is 2.22. The van der Waals surface area contributed by atoms with Crippen molar-refractivity contribution in [2.45, 2.75) is 251 Å². The molecule has 9 nitrogen and oxygen atoms in total. The van der Waals surface area contributed by atoms with E-state index < -0.39 is 32.5 Å². The first-order valence-electron chi connectivity index (χ1n) is 33.2. The third-order valence-electron chi connectivity index (χ3n) is 13.5. The second-order valence-electron chi connectivity index (χ2n) is 22.7. The molecule has 0 N–H and O–H groups in total. The summed E-state index contributed by atoms with van der Waals surface area (Å²) < 4.78 is 34.2. The number of allylic oxidation sites excluding steroid dienone is 26. The summed E-state index contributed by atoms with van der Waals surface area (Å²) in [4.78, 5) is 38.0. The van der Waals surface area contributed by atoms with Gasteiger partial charge in [0.1, 0.15) is 19.8 Å². The zero-order chi connectivity index (χ0) is 61.2. The van der Waals surface area contributed by atoms with Crippen molar-refractivity contribution >= 4 is 19.8 Å². The van der Waals surface area contributed by atoms with Crippen LogP contribution in [0.2, 0.25) is 0 Å². The molecular weight excluding hydrogens is 1060 g/mol. The van der Waals surface area contributed by atoms with E-state index in [1.54, 1.807) is 0 Å². The number of nitrogens with zero attached hydrogens (tertiary/aromatic N) is 1. The highest BCUT2D eigenvalue weighted by Crippen LogP contribution is 2.38. The van der Waals surface area contributed by atoms with Crippen LogP contribution in [0, 0.1) is 0 Å². The lowest BCUT2D eigenvalue weighted by Crippen LogP contribution is -2.37. The average molecular weight is 1180 g/mol. The van der Waals surface area contributed by atoms with Crippen molar-refractivity contribution in [3.05, 3.63) is 158 Å². The molecule has 0 fully saturated rings. The molecule has 0 aromatic rings. The van der Waals surface area contributed by atoms with Gasteiger partial charge >= 0.3 is 11.9 Å². The van der Waals surface area contributed by atoms with Crippen LogP contribution in [0.15, 0.2) is 158 Å². The lowest BCUT2D eigenvalue weighted by Gasteiger charge is -2.28. The van der Waals surface area contributed by atoms with Crippen LogP contribution in [0.1, 0.15) is 245 Å². The second-order valence-corrected chi connectivity index (χ2v) is 24.1. The SMILES string of the molecule is CC/C=C\C/C=C\C/C=C\C/C=C\C/C=C\C/C=C\C/C=C\C/C=C\CCCCC(=O)OC(COC(=O)CCCCCCCCCCCCCCCCCCC/C=C\C/C=C\C/C=C\C/C=C\C/C=C\CC)COP(=O)([O-])OCC[N+](C)(C)C. The number of rotatable bonds is 59. The molecule has 0 bridgehead atoms. The smallest absolute Gasteiger partial charge is 0.306 e. The maximum atomic E-state index is 12.8. The highest BCUT2D eigenvalue weighted by atomic mass is 31.2. The Hall–Kier alpha value is -4.37. The van der Waals surface area contributed by atoms with Gasteiger partial charge in [0.2, 0.25) is 0 Å². The summed E-state index contributed by atoms with van der Waals surface area (Å²) in [5.41, 5.74) is 0. The fourth-order valence-corrected chi connectivity index (χ4v) is 9.25. The molecule has 0 aliphatic heterocycles. The Labute approximate surface area is 516 Å². The Kier molecular flexibility index (Phi) is 59.9. The van der Waals surface area contributed by atoms with Gasteiger partial charge in [-0.2, -0.15) is 0 Å². The molecule has 476 valence electrons. The number of unbranched alkanes of at least 4 members (excludes halogenated alkanes) is 19. The summed E-state index contributed by atoms with van der Waals surface area (Å²) in [6.07, 6.45) is 94.6. The van der Waals surface area contributed by atoms with Gasteiger partial charge in [0.25, 0.3) is 7.82 Å². The van der Waals surface area contributed by atoms with Gasteiger partial charge in [-0.15, -0.1) is 0 Å². The summed E-state index contributed by atoms with van der Waals surface area (Å²) in [6, 6.07) is 0. The summed E-state index contributed by atoms with van der Waals surface area (Å²) in [5, 5.41) is 0. The normalized spacial score (nSPS) is 14.2. The largest absolute Gasteiger partial charge is 0.756 e. The molecule has 0 saturated heterocycles. The maximum Gasteiger partial charge on any atom is 0.306 e. The van der Waals surface area contributed by atoms with Crippen molar-refractivity contribution < 1.29 is 42.1 Å². The second kappa shape index (κ2) is 63.1. The molecule has 0 aliphatic rings. The number of phosphoric acid groups is 1. The number of quaternary nitrogens is 1. The zero-order valence-corrected chi connectivity index (χ0v) is 54.9. The molecule has 84 heavy (non-hydrogen) atoms. The monoisotopic (exact) mass is 1180 g/mol. The van der Waals surface area contributed by atoms with Gasteiger partial charge in [0, 0.05) is 12.8 Å². The first-order valence-corrected chi connectivity index (χ1v) is 34.7. The van der Waals surface area contributed by atoms with E-state index in [0.717, 1.165) is 116 Å². The van der Waals surface area contributed by atoms with Gasteiger partial charge in [-0.05, 0) is 122 Å². The summed E-state index contributed by atoms with van der Waals surface area (Å²) >= 11 is 0. The van der Waals surface area contributed by atoms with Gasteiger partial charge in [0.15, 0.2) is 6.10 Å². The van der Waals surface area contributed by atoms with Crippen molar-refractivity contribution in [3.8, 4) is 0 Å². The van der Waals surface area contributed by atoms with Crippen molar-refractivity contribution in [2.24, 2.45) is 0 Å². The highest BCUT2D eigenvalue weighted by molar-refractivity contribution is 7.45. The minimum absolute atomic E-state index is 0.0473. The van der Waals surface area contributed by atoms with Crippen molar-refractivity contribution in [2.75, 3.05) is 47.5 Å². The van der Waals surface area contributed by atoms with Crippen LogP contribution in [0.5, 0.6) is 0 Å². The van der Waals surface area contributed by atoms with Gasteiger partial charge in [0.05, 0.1) is 27.7 Å². The van der Waals surface area contributed by atoms with E-state index in [-0.39, 0.29) is 26.1 Å². The Morgan fingerprint density at radius 2 is 0.643 bits per heavy atom. The molecule has 0 aromatic heterocycles. The predicted octanol–water partition coefficient (Wildman–Crippen LogP) is 21.0. The molecule has 0 spiro atoms. The van der Waals surface area contributed by atoms with Crippen molar-refractivity contribution in [1.29, 1.82) is 0 Å². The third kappa shape index (κ3) is 66.8. The third-order valence-corrected chi connectivity index (χ3v) is 14.5. The van der Waals surface area contributed by atoms with E-state index in [9.17, 15) is 19.0 Å². The Morgan fingerprint density at radius 3 is 0.976 bits per heavy atom. The topological polar surface area (TPSA) is 111 Å². The molecule has 10 heteroatoms. The Bertz CT molecular complexity index is 1970. The lowest BCUT2D eigenvalue weighted by atomic mass is 10.0. The van der Waals surface area contributed by atoms with E-state index in [0.29, 0.717) is 17.4 Å². The van der Waals surface area contributed by atoms with Gasteiger partial charge in [-0.1, -0.05) is 268 Å². The number of ether oxygens (including phenoxy) is 2. The molecule has 0 heterocycles. The number of phosphoric ester groups is 1. The van der Waals surface area contributed by atoms with Gasteiger partial charge < -0.3 is 27.9 Å². The Morgan fingerprint density at radius 1 is 0.369 bits per heavy atom. The molecule has 0 saturated carbocycles. The predicted molar refractivity (Wildman–Crippen MR) is 360 cm³/mol. The standard InChI is InChI=1S/C74H122NO8P/c1-6-8-10-12-14-16-18-20-22-24-26-28-30-32-34-35-36-37-38-39-41-42-44-46-48-50-52-54-56-58-60-62-64-66-73(76)80-70-72(71-82-84(78,79)81-69-68-75(3,4)5)83-74(77)67-65-63-61-59-57-55-53-51-49-47-45-43-40-33-31-29-27-25-23-21-19-17-15-13-11-9-7-2/h8-11,14-17,20-23,26-29,32-34,40,45,47,51,53,57,59,72H,6-7,12-13,18-19,24-25,30-31,35-39,41-44,46,48-50,52,54-56,58,60-71H2,1-5H3/b10-8-,11-9-,16-14-,17-15-,22-20-,23-21-,28-26-,29-27-,34-32-,40-33-,47-45-,53-51-,59-57-. The number of carbonyl (C=O) groups excluding carboxylic acids is 2. The zero-order valence-electron chi connectivity index (χ0n) is 54.0. The molecular formula is C74H122NO8P. The van der Waals surface area contributed by atoms with Crippen LogP contribution in [0.25, 0.3) is 0 Å². The molecule has 2 unspecified atom stereocenters. The summed E-state index contributed by atoms with van der Waals surface area (Å²) in [7, 11) is 1.12. The summed E-state index contributed by atoms with van der Waals surface area (Å²) in [5.74, 6) is -0.891. The maximum absolute atomic E-state index is 12.8. The first kappa shape index (κ1) is 79.6. The number of hydrogen-bond donors (Lipinski definition) is 0. The Balaban J connectivity index is 4.17. The van der Waals surface area contributed by atoms with Gasteiger partial charge in [-0.25, -0.2) is 0 Å². The minimum Gasteiger partial charge on any atom is -0.756 e. The molecule has 0 rings (SSSR count). The molecule has 0 amide bonds. The lowest BCUT2D eigenvalue weighted by molar-refractivity contribution is -0.870. The fraction of sp³-hybridized carbons (Fsp3) is 0.622. The van der Waals surface area contributed by atoms with Crippen LogP contribution in [-0.4, -0.2) is 70.0 Å². The van der Waals surface area contributed by atoms with Crippen LogP contribution in [0.3, 0.4) is 0 Å². The van der Waals surface area contributed by atoms with Crippen LogP contribution in [-0.2, 0) is 32.7 Å². The number of hydrogen-bond acceptors (Lipinski definition) is 8. The number of likely N-dealkylation sites (N-methyl/N-ethyl adjacent to an activating group) is 1. The average Bonchev–Trinajstić information content (AvgIpc) is 3.61. The molecule has 2 atom stereocenters. The van der Waals surface area contributed by atoms with E-state index in [2.05, 4.69) is 172 Å². The fourth-order valence-electron chi connectivity index (χ4n) is 8.52. The number of esters is 2. The van der Waals surface area contributed by atoms with Crippen LogP contribution >= 0.6 is 7.82 Å². The van der Waals surface area contributed by atoms with E-state index in [1.165, 1.54) is 96.3 Å². The minimum atomic E-state index is -4.66. The van der Waals surface area contributed by atoms with Crippen molar-refractivity contribution in [3.63, 3.8) is 0 Å². The van der Waals surface area contributed by atoms with E-state index in [1.807, 2.05) is 21.1 Å². The molecule has 0 radical (unpaired) electrons. The van der Waals surface area contributed by atoms with Crippen LogP contribution in [0.4, 0.5) is 0 Å². The molecule has 0 aliphatic carbocycles. The van der Waals surface area contributed by atoms with Crippen LogP contribution < -0.4 is 4.89 Å². The summed E-state index contributed by atoms with van der Waals surface area (Å²) in [6.45, 7) is 3.95. The first-order chi connectivity index (χ1) is 41.0.